The number of halogens is 1. The van der Waals surface area contributed by atoms with Crippen molar-refractivity contribution in [3.05, 3.63) is 71.2 Å². The molecule has 194 valence electrons. The highest BCUT2D eigenvalue weighted by atomic mass is 35.5. The number of rotatable bonds is 9. The minimum atomic E-state index is -0.646. The summed E-state index contributed by atoms with van der Waals surface area (Å²) in [6.45, 7) is 0. The van der Waals surface area contributed by atoms with Crippen LogP contribution in [-0.2, 0) is 16.0 Å². The van der Waals surface area contributed by atoms with E-state index in [1.165, 1.54) is 22.7 Å². The topological polar surface area (TPSA) is 102 Å². The zero-order valence-electron chi connectivity index (χ0n) is 20.5. The molecule has 0 saturated carbocycles. The maximum atomic E-state index is 13.4. The third kappa shape index (κ3) is 6.04. The molecule has 38 heavy (non-hydrogen) atoms. The van der Waals surface area contributed by atoms with E-state index in [2.05, 4.69) is 20.6 Å². The van der Waals surface area contributed by atoms with Gasteiger partial charge in [-0.1, -0.05) is 46.4 Å². The van der Waals surface area contributed by atoms with Crippen molar-refractivity contribution < 1.29 is 19.1 Å². The smallest absolute Gasteiger partial charge is 0.230 e. The van der Waals surface area contributed by atoms with Crippen LogP contribution in [0.15, 0.2) is 60.7 Å². The van der Waals surface area contributed by atoms with Crippen LogP contribution in [0, 0.1) is 5.92 Å². The van der Waals surface area contributed by atoms with Crippen molar-refractivity contribution in [3.63, 3.8) is 0 Å². The fourth-order valence-corrected chi connectivity index (χ4v) is 5.87. The number of aromatic nitrogens is 2. The first-order valence-corrected chi connectivity index (χ1v) is 13.7. The molecule has 0 radical (unpaired) electrons. The summed E-state index contributed by atoms with van der Waals surface area (Å²) >= 11 is 8.73. The SMILES string of the molecule is COc1ccc2nc(NC(=O)C[C@@H](Cc3ccc(Cl)cc3)C(=O)Nc3nc4ccc(OC)cc4s3)sc2c1. The third-order valence-corrected chi connectivity index (χ3v) is 7.98. The minimum Gasteiger partial charge on any atom is -0.497 e. The number of anilines is 2. The van der Waals surface area contributed by atoms with Crippen molar-refractivity contribution >= 4 is 76.8 Å². The van der Waals surface area contributed by atoms with E-state index in [0.717, 1.165) is 26.0 Å². The summed E-state index contributed by atoms with van der Waals surface area (Å²) in [6, 6.07) is 18.3. The Morgan fingerprint density at radius 3 is 1.95 bits per heavy atom. The molecule has 0 aliphatic rings. The lowest BCUT2D eigenvalue weighted by molar-refractivity contribution is -0.124. The summed E-state index contributed by atoms with van der Waals surface area (Å²) < 4.78 is 12.3. The molecule has 0 fully saturated rings. The molecule has 11 heteroatoms. The molecule has 2 aromatic heterocycles. The zero-order valence-corrected chi connectivity index (χ0v) is 22.9. The number of benzene rings is 3. The fourth-order valence-electron chi connectivity index (χ4n) is 3.93. The highest BCUT2D eigenvalue weighted by Crippen LogP contribution is 2.31. The summed E-state index contributed by atoms with van der Waals surface area (Å²) in [5.74, 6) is 0.179. The first-order valence-electron chi connectivity index (χ1n) is 11.6. The molecule has 0 aliphatic heterocycles. The van der Waals surface area contributed by atoms with E-state index < -0.39 is 5.92 Å². The summed E-state index contributed by atoms with van der Waals surface area (Å²) in [7, 11) is 3.20. The number of ether oxygens (including phenoxy) is 2. The van der Waals surface area contributed by atoms with Gasteiger partial charge in [-0.3, -0.25) is 9.59 Å². The maximum Gasteiger partial charge on any atom is 0.230 e. The molecule has 0 unspecified atom stereocenters. The molecule has 2 N–H and O–H groups in total. The Balaban J connectivity index is 1.33. The minimum absolute atomic E-state index is 0.0353. The van der Waals surface area contributed by atoms with Crippen molar-refractivity contribution in [2.75, 3.05) is 24.9 Å². The molecule has 0 spiro atoms. The highest BCUT2D eigenvalue weighted by Gasteiger charge is 2.24. The number of nitrogens with one attached hydrogen (secondary N) is 2. The third-order valence-electron chi connectivity index (χ3n) is 5.87. The number of thiazole rings is 2. The second-order valence-electron chi connectivity index (χ2n) is 8.47. The van der Waals surface area contributed by atoms with Gasteiger partial charge in [0.15, 0.2) is 10.3 Å². The molecule has 2 heterocycles. The number of carbonyl (C=O) groups is 2. The number of methoxy groups -OCH3 is 2. The standard InChI is InChI=1S/C27H23ClN4O4S2/c1-35-18-7-9-20-22(13-18)37-26(29-20)31-24(33)12-16(11-15-3-5-17(28)6-4-15)25(34)32-27-30-21-10-8-19(36-2)14-23(21)38-27/h3-10,13-14,16H,11-12H2,1-2H3,(H,29,31,33)(H,30,32,34)/t16-/m1/s1. The number of nitrogens with zero attached hydrogens (tertiary/aromatic N) is 2. The second-order valence-corrected chi connectivity index (χ2v) is 11.0. The van der Waals surface area contributed by atoms with E-state index in [-0.39, 0.29) is 18.2 Å². The lowest BCUT2D eigenvalue weighted by Gasteiger charge is -2.15. The van der Waals surface area contributed by atoms with Gasteiger partial charge in [0.2, 0.25) is 11.8 Å². The van der Waals surface area contributed by atoms with Crippen LogP contribution in [0.3, 0.4) is 0 Å². The number of fused-ring (bicyclic) bond motifs is 2. The Kier molecular flexibility index (Phi) is 7.73. The van der Waals surface area contributed by atoms with Gasteiger partial charge in [-0.2, -0.15) is 0 Å². The maximum absolute atomic E-state index is 13.4. The van der Waals surface area contributed by atoms with Gasteiger partial charge >= 0.3 is 0 Å². The number of carbonyl (C=O) groups excluding carboxylic acids is 2. The Morgan fingerprint density at radius 1 is 0.842 bits per heavy atom. The molecule has 0 bridgehead atoms. The summed E-state index contributed by atoms with van der Waals surface area (Å²) in [5, 5.41) is 7.27. The van der Waals surface area contributed by atoms with Crippen LogP contribution >= 0.6 is 34.3 Å². The van der Waals surface area contributed by atoms with E-state index in [1.54, 1.807) is 26.4 Å². The average molecular weight is 567 g/mol. The van der Waals surface area contributed by atoms with Gasteiger partial charge in [0, 0.05) is 11.4 Å². The van der Waals surface area contributed by atoms with Crippen LogP contribution in [0.25, 0.3) is 20.4 Å². The van der Waals surface area contributed by atoms with E-state index in [1.807, 2.05) is 48.5 Å². The number of hydrogen-bond donors (Lipinski definition) is 2. The number of hydrogen-bond acceptors (Lipinski definition) is 8. The van der Waals surface area contributed by atoms with Gasteiger partial charge in [0.1, 0.15) is 11.5 Å². The summed E-state index contributed by atoms with van der Waals surface area (Å²) in [6.07, 6.45) is 0.318. The van der Waals surface area contributed by atoms with E-state index in [4.69, 9.17) is 21.1 Å². The second kappa shape index (κ2) is 11.3. The molecule has 8 nitrogen and oxygen atoms in total. The lowest BCUT2D eigenvalue weighted by Crippen LogP contribution is -2.29. The van der Waals surface area contributed by atoms with Crippen molar-refractivity contribution in [1.82, 2.24) is 9.97 Å². The molecule has 2 amide bonds. The molecule has 1 atom stereocenters. The molecule has 0 saturated heterocycles. The van der Waals surface area contributed by atoms with Gasteiger partial charge < -0.3 is 20.1 Å². The van der Waals surface area contributed by atoms with Crippen LogP contribution in [0.1, 0.15) is 12.0 Å². The summed E-state index contributed by atoms with van der Waals surface area (Å²) in [5.41, 5.74) is 2.41. The van der Waals surface area contributed by atoms with Crippen LogP contribution in [0.5, 0.6) is 11.5 Å². The normalized spacial score (nSPS) is 11.9. The highest BCUT2D eigenvalue weighted by molar-refractivity contribution is 7.22. The number of amides is 2. The van der Waals surface area contributed by atoms with Gasteiger partial charge in [-0.15, -0.1) is 0 Å². The lowest BCUT2D eigenvalue weighted by atomic mass is 9.95. The molecular weight excluding hydrogens is 544 g/mol. The molecule has 5 rings (SSSR count). The van der Waals surface area contributed by atoms with E-state index in [0.29, 0.717) is 33.2 Å². The Bertz CT molecular complexity index is 1620. The average Bonchev–Trinajstić information content (AvgIpc) is 3.50. The predicted octanol–water partition coefficient (Wildman–Crippen LogP) is 6.40. The van der Waals surface area contributed by atoms with Crippen LogP contribution in [0.4, 0.5) is 10.3 Å². The zero-order chi connectivity index (χ0) is 26.6. The quantitative estimate of drug-likeness (QED) is 0.214. The first-order chi connectivity index (χ1) is 18.4. The first kappa shape index (κ1) is 25.9. The van der Waals surface area contributed by atoms with Crippen molar-refractivity contribution in [3.8, 4) is 11.5 Å². The van der Waals surface area contributed by atoms with Crippen molar-refractivity contribution in [2.45, 2.75) is 12.8 Å². The van der Waals surface area contributed by atoms with Crippen LogP contribution in [-0.4, -0.2) is 36.0 Å². The van der Waals surface area contributed by atoms with Gasteiger partial charge in [0.25, 0.3) is 0 Å². The monoisotopic (exact) mass is 566 g/mol. The van der Waals surface area contributed by atoms with Gasteiger partial charge in [-0.25, -0.2) is 9.97 Å². The Hall–Kier alpha value is -3.73. The van der Waals surface area contributed by atoms with Crippen molar-refractivity contribution in [2.24, 2.45) is 5.92 Å². The summed E-state index contributed by atoms with van der Waals surface area (Å²) in [4.78, 5) is 35.4. The molecular formula is C27H23ClN4O4S2. The van der Waals surface area contributed by atoms with Crippen LogP contribution in [0.2, 0.25) is 5.02 Å². The largest absolute Gasteiger partial charge is 0.497 e. The molecule has 0 aliphatic carbocycles. The van der Waals surface area contributed by atoms with Gasteiger partial charge in [0.05, 0.1) is 40.6 Å². The molecule has 5 aromatic rings. The fraction of sp³-hybridized carbons (Fsp3) is 0.185. The van der Waals surface area contributed by atoms with Gasteiger partial charge in [-0.05, 0) is 60.5 Å². The Morgan fingerprint density at radius 2 is 1.39 bits per heavy atom. The predicted molar refractivity (Wildman–Crippen MR) is 153 cm³/mol. The van der Waals surface area contributed by atoms with E-state index in [9.17, 15) is 9.59 Å². The van der Waals surface area contributed by atoms with Crippen LogP contribution < -0.4 is 20.1 Å². The van der Waals surface area contributed by atoms with Crippen molar-refractivity contribution in [1.29, 1.82) is 0 Å². The van der Waals surface area contributed by atoms with E-state index >= 15 is 0 Å². The molecule has 3 aromatic carbocycles. The Labute approximate surface area is 231 Å².